The first-order chi connectivity index (χ1) is 15.8. The lowest BCUT2D eigenvalue weighted by molar-refractivity contribution is -0.384. The van der Waals surface area contributed by atoms with E-state index in [4.69, 9.17) is 0 Å². The van der Waals surface area contributed by atoms with E-state index in [0.717, 1.165) is 13.0 Å². The summed E-state index contributed by atoms with van der Waals surface area (Å²) in [5, 5.41) is 18.5. The van der Waals surface area contributed by atoms with Gasteiger partial charge < -0.3 is 5.32 Å². The average molecular weight is 447 g/mol. The fraction of sp³-hybridized carbons (Fsp3) is 0.292. The van der Waals surface area contributed by atoms with Gasteiger partial charge in [-0.2, -0.15) is 5.10 Å². The van der Waals surface area contributed by atoms with Crippen molar-refractivity contribution in [2.45, 2.75) is 32.4 Å². The van der Waals surface area contributed by atoms with Crippen LogP contribution in [0.5, 0.6) is 0 Å². The first-order valence-electron chi connectivity index (χ1n) is 10.8. The van der Waals surface area contributed by atoms with E-state index in [1.54, 1.807) is 19.1 Å². The predicted molar refractivity (Wildman–Crippen MR) is 124 cm³/mol. The normalized spacial score (nSPS) is 17.0. The molecule has 1 aliphatic rings. The molecule has 0 saturated carbocycles. The van der Waals surface area contributed by atoms with Gasteiger partial charge in [-0.15, -0.1) is 0 Å². The number of rotatable bonds is 6. The fourth-order valence-corrected chi connectivity index (χ4v) is 4.20. The van der Waals surface area contributed by atoms with Crippen LogP contribution >= 0.6 is 0 Å². The minimum atomic E-state index is -0.577. The number of nitro benzene ring substituents is 1. The Morgan fingerprint density at radius 1 is 1.18 bits per heavy atom. The molecule has 0 radical (unpaired) electrons. The molecule has 0 bridgehead atoms. The van der Waals surface area contributed by atoms with E-state index in [0.29, 0.717) is 12.2 Å². The number of likely N-dealkylation sites (tertiary alicyclic amines) is 1. The fourth-order valence-electron chi connectivity index (χ4n) is 4.20. The molecule has 4 rings (SSSR count). The van der Waals surface area contributed by atoms with Crippen LogP contribution in [0.3, 0.4) is 0 Å². The van der Waals surface area contributed by atoms with Gasteiger partial charge in [-0.05, 0) is 31.9 Å². The van der Waals surface area contributed by atoms with E-state index in [2.05, 4.69) is 34.4 Å². The molecule has 2 heterocycles. The van der Waals surface area contributed by atoms with Crippen molar-refractivity contribution in [3.8, 4) is 5.69 Å². The molecule has 1 amide bonds. The van der Waals surface area contributed by atoms with Crippen LogP contribution in [-0.2, 0) is 0 Å². The second kappa shape index (κ2) is 9.33. The van der Waals surface area contributed by atoms with Crippen molar-refractivity contribution in [3.63, 3.8) is 0 Å². The van der Waals surface area contributed by atoms with E-state index in [-0.39, 0.29) is 29.2 Å². The summed E-state index contributed by atoms with van der Waals surface area (Å²) in [5.41, 5.74) is 0.828. The molecule has 9 nitrogen and oxygen atoms in total. The summed E-state index contributed by atoms with van der Waals surface area (Å²) in [6, 6.07) is 17.6. The molecule has 1 fully saturated rings. The standard InChI is InChI=1S/C24H25N5O4/c1-16-14-22(30)23(26-28(16)20-10-6-7-11-21(20)29(32)33)24(31)25-19-12-13-27(15-19)17(2)18-8-4-3-5-9-18/h3-11,14,17,19H,12-13,15H2,1-2H3,(H,25,31). The van der Waals surface area contributed by atoms with Gasteiger partial charge in [0.1, 0.15) is 5.69 Å². The zero-order valence-corrected chi connectivity index (χ0v) is 18.5. The number of nitrogens with one attached hydrogen (secondary N) is 1. The maximum absolute atomic E-state index is 12.9. The molecule has 33 heavy (non-hydrogen) atoms. The summed E-state index contributed by atoms with van der Waals surface area (Å²) in [5.74, 6) is -0.577. The number of aryl methyl sites for hydroxylation is 1. The Labute approximate surface area is 190 Å². The van der Waals surface area contributed by atoms with Crippen LogP contribution in [0.15, 0.2) is 65.5 Å². The third-order valence-electron chi connectivity index (χ3n) is 6.01. The molecule has 2 atom stereocenters. The Kier molecular flexibility index (Phi) is 6.32. The lowest BCUT2D eigenvalue weighted by Crippen LogP contribution is -2.40. The molecule has 170 valence electrons. The van der Waals surface area contributed by atoms with E-state index in [9.17, 15) is 19.7 Å². The smallest absolute Gasteiger partial charge is 0.294 e. The second-order valence-electron chi connectivity index (χ2n) is 8.20. The third-order valence-corrected chi connectivity index (χ3v) is 6.01. The summed E-state index contributed by atoms with van der Waals surface area (Å²) >= 11 is 0. The van der Waals surface area contributed by atoms with Crippen molar-refractivity contribution in [1.82, 2.24) is 20.0 Å². The molecule has 2 aromatic carbocycles. The summed E-state index contributed by atoms with van der Waals surface area (Å²) in [4.78, 5) is 38.7. The number of para-hydroxylation sites is 2. The van der Waals surface area contributed by atoms with Gasteiger partial charge in [0.15, 0.2) is 5.69 Å². The molecule has 1 saturated heterocycles. The van der Waals surface area contributed by atoms with Crippen LogP contribution in [0.4, 0.5) is 5.69 Å². The van der Waals surface area contributed by atoms with Crippen LogP contribution in [0.1, 0.15) is 41.1 Å². The van der Waals surface area contributed by atoms with Gasteiger partial charge in [0, 0.05) is 43.0 Å². The predicted octanol–water partition coefficient (Wildman–Crippen LogP) is 3.01. The summed E-state index contributed by atoms with van der Waals surface area (Å²) in [6.45, 7) is 5.23. The van der Waals surface area contributed by atoms with Gasteiger partial charge >= 0.3 is 0 Å². The minimum absolute atomic E-state index is 0.120. The molecule has 2 unspecified atom stereocenters. The number of benzene rings is 2. The Balaban J connectivity index is 1.53. The van der Waals surface area contributed by atoms with Crippen LogP contribution in [0.25, 0.3) is 5.69 Å². The number of nitrogens with zero attached hydrogens (tertiary/aromatic N) is 4. The first-order valence-corrected chi connectivity index (χ1v) is 10.8. The molecular weight excluding hydrogens is 422 g/mol. The highest BCUT2D eigenvalue weighted by Crippen LogP contribution is 2.25. The summed E-state index contributed by atoms with van der Waals surface area (Å²) in [7, 11) is 0. The van der Waals surface area contributed by atoms with Crippen molar-refractivity contribution in [2.75, 3.05) is 13.1 Å². The number of hydrogen-bond donors (Lipinski definition) is 1. The molecule has 0 spiro atoms. The van der Waals surface area contributed by atoms with Crippen molar-refractivity contribution in [2.24, 2.45) is 0 Å². The number of carbonyl (C=O) groups excluding carboxylic acids is 1. The molecule has 1 aliphatic heterocycles. The highest BCUT2D eigenvalue weighted by molar-refractivity contribution is 5.92. The molecule has 3 aromatic rings. The lowest BCUT2D eigenvalue weighted by Gasteiger charge is -2.24. The van der Waals surface area contributed by atoms with E-state index < -0.39 is 16.3 Å². The Morgan fingerprint density at radius 2 is 1.88 bits per heavy atom. The summed E-state index contributed by atoms with van der Waals surface area (Å²) in [6.07, 6.45) is 0.757. The van der Waals surface area contributed by atoms with E-state index in [1.807, 2.05) is 18.2 Å². The number of carbonyl (C=O) groups is 1. The number of aromatic nitrogens is 2. The number of hydrogen-bond acceptors (Lipinski definition) is 6. The Morgan fingerprint density at radius 3 is 2.61 bits per heavy atom. The quantitative estimate of drug-likeness (QED) is 0.459. The topological polar surface area (TPSA) is 110 Å². The van der Waals surface area contributed by atoms with Crippen molar-refractivity contribution >= 4 is 11.6 Å². The van der Waals surface area contributed by atoms with Gasteiger partial charge in [0.05, 0.1) is 4.92 Å². The van der Waals surface area contributed by atoms with E-state index in [1.165, 1.54) is 28.4 Å². The van der Waals surface area contributed by atoms with Crippen LogP contribution in [-0.4, -0.2) is 44.6 Å². The average Bonchev–Trinajstić information content (AvgIpc) is 3.27. The molecule has 9 heteroatoms. The van der Waals surface area contributed by atoms with Crippen molar-refractivity contribution in [3.05, 3.63) is 98.0 Å². The van der Waals surface area contributed by atoms with Gasteiger partial charge in [-0.25, -0.2) is 4.68 Å². The largest absolute Gasteiger partial charge is 0.346 e. The number of amides is 1. The van der Waals surface area contributed by atoms with Crippen molar-refractivity contribution in [1.29, 1.82) is 0 Å². The highest BCUT2D eigenvalue weighted by Gasteiger charge is 2.29. The van der Waals surface area contributed by atoms with Crippen LogP contribution < -0.4 is 10.7 Å². The minimum Gasteiger partial charge on any atom is -0.346 e. The Bertz CT molecular complexity index is 1240. The summed E-state index contributed by atoms with van der Waals surface area (Å²) < 4.78 is 1.27. The van der Waals surface area contributed by atoms with Gasteiger partial charge in [-0.3, -0.25) is 24.6 Å². The highest BCUT2D eigenvalue weighted by atomic mass is 16.6. The maximum Gasteiger partial charge on any atom is 0.294 e. The molecule has 0 aliphatic carbocycles. The Hall–Kier alpha value is -3.85. The monoisotopic (exact) mass is 447 g/mol. The lowest BCUT2D eigenvalue weighted by atomic mass is 10.1. The van der Waals surface area contributed by atoms with Crippen molar-refractivity contribution < 1.29 is 9.72 Å². The zero-order chi connectivity index (χ0) is 23.5. The molecule has 1 N–H and O–H groups in total. The number of nitro groups is 1. The van der Waals surface area contributed by atoms with E-state index >= 15 is 0 Å². The maximum atomic E-state index is 12.9. The molecule has 1 aromatic heterocycles. The third kappa shape index (κ3) is 4.68. The van der Waals surface area contributed by atoms with Crippen LogP contribution in [0.2, 0.25) is 0 Å². The molecular formula is C24H25N5O4. The van der Waals surface area contributed by atoms with Gasteiger partial charge in [0.2, 0.25) is 5.43 Å². The second-order valence-corrected chi connectivity index (χ2v) is 8.20. The SMILES string of the molecule is Cc1cc(=O)c(C(=O)NC2CCN(C(C)c3ccccc3)C2)nn1-c1ccccc1[N+](=O)[O-]. The first kappa shape index (κ1) is 22.3. The zero-order valence-electron chi connectivity index (χ0n) is 18.5. The van der Waals surface area contributed by atoms with Gasteiger partial charge in [0.25, 0.3) is 11.6 Å². The van der Waals surface area contributed by atoms with Crippen LogP contribution in [0, 0.1) is 17.0 Å². The van der Waals surface area contributed by atoms with Gasteiger partial charge in [-0.1, -0.05) is 42.5 Å².